The highest BCUT2D eigenvalue weighted by atomic mass is 32.2. The number of hydrogen-bond acceptors (Lipinski definition) is 10. The molecule has 4 aliphatic rings. The molecule has 5 heterocycles. The third-order valence-electron chi connectivity index (χ3n) is 7.26. The maximum atomic E-state index is 15.0. The number of nitrogens with zero attached hydrogens (tertiary/aromatic N) is 4. The lowest BCUT2D eigenvalue weighted by atomic mass is 10.0. The number of alkyl halides is 1. The molecule has 0 radical (unpaired) electrons. The Labute approximate surface area is 208 Å². The molecular formula is C21H32F2N8O4S. The molecule has 4 unspecified atom stereocenters. The number of hydrazine groups is 1. The van der Waals surface area contributed by atoms with Gasteiger partial charge in [-0.1, -0.05) is 0 Å². The van der Waals surface area contributed by atoms with E-state index in [1.165, 1.54) is 10.5 Å². The number of carbonyl (C=O) groups excluding carboxylic acids is 1. The maximum Gasteiger partial charge on any atom is 0.233 e. The fourth-order valence-electron chi connectivity index (χ4n) is 5.39. The quantitative estimate of drug-likeness (QED) is 0.366. The number of hydrogen-bond donors (Lipinski definition) is 4. The van der Waals surface area contributed by atoms with E-state index in [1.807, 2.05) is 0 Å². The van der Waals surface area contributed by atoms with E-state index in [0.29, 0.717) is 26.1 Å². The van der Waals surface area contributed by atoms with E-state index in [1.54, 1.807) is 9.91 Å². The minimum atomic E-state index is -3.47. The molecule has 0 saturated carbocycles. The van der Waals surface area contributed by atoms with Gasteiger partial charge in [-0.3, -0.25) is 15.1 Å². The minimum Gasteiger partial charge on any atom is -0.381 e. The van der Waals surface area contributed by atoms with Gasteiger partial charge in [-0.25, -0.2) is 27.6 Å². The van der Waals surface area contributed by atoms with Crippen molar-refractivity contribution in [3.05, 3.63) is 18.2 Å². The van der Waals surface area contributed by atoms with Crippen molar-refractivity contribution in [3.63, 3.8) is 0 Å². The van der Waals surface area contributed by atoms with Gasteiger partial charge >= 0.3 is 0 Å². The van der Waals surface area contributed by atoms with Crippen LogP contribution in [0.15, 0.2) is 12.4 Å². The Bertz CT molecular complexity index is 1070. The predicted octanol–water partition coefficient (Wildman–Crippen LogP) is -1.22. The summed E-state index contributed by atoms with van der Waals surface area (Å²) in [5.41, 5.74) is 9.36. The van der Waals surface area contributed by atoms with Crippen LogP contribution in [0.1, 0.15) is 12.8 Å². The molecule has 200 valence electrons. The molecule has 0 bridgehead atoms. The van der Waals surface area contributed by atoms with E-state index < -0.39 is 51.4 Å². The fourth-order valence-corrected chi connectivity index (χ4v) is 7.27. The van der Waals surface area contributed by atoms with Crippen LogP contribution in [-0.2, 0) is 19.6 Å². The molecule has 1 amide bonds. The van der Waals surface area contributed by atoms with Crippen LogP contribution in [0.5, 0.6) is 0 Å². The number of nitrogens with two attached hydrogens (primary N) is 1. The first kappa shape index (κ1) is 25.6. The molecule has 5 rings (SSSR count). The van der Waals surface area contributed by atoms with Crippen molar-refractivity contribution in [2.45, 2.75) is 36.6 Å². The lowest BCUT2D eigenvalue weighted by Gasteiger charge is -2.38. The van der Waals surface area contributed by atoms with E-state index in [-0.39, 0.29) is 50.6 Å². The number of pyridine rings is 1. The van der Waals surface area contributed by atoms with Gasteiger partial charge in [-0.05, 0) is 12.8 Å². The summed E-state index contributed by atoms with van der Waals surface area (Å²) >= 11 is 0. The van der Waals surface area contributed by atoms with Crippen LogP contribution in [0.25, 0.3) is 0 Å². The van der Waals surface area contributed by atoms with Crippen LogP contribution in [0.3, 0.4) is 0 Å². The number of anilines is 2. The van der Waals surface area contributed by atoms with E-state index in [0.717, 1.165) is 6.20 Å². The molecule has 4 aliphatic heterocycles. The van der Waals surface area contributed by atoms with Crippen molar-refractivity contribution in [2.24, 2.45) is 11.7 Å². The zero-order valence-corrected chi connectivity index (χ0v) is 20.6. The molecule has 4 saturated heterocycles. The van der Waals surface area contributed by atoms with Crippen molar-refractivity contribution in [1.82, 2.24) is 25.0 Å². The maximum absolute atomic E-state index is 15.0. The summed E-state index contributed by atoms with van der Waals surface area (Å²) in [6.45, 7) is 1.99. The highest BCUT2D eigenvalue weighted by molar-refractivity contribution is 7.89. The van der Waals surface area contributed by atoms with Gasteiger partial charge in [0.25, 0.3) is 0 Å². The molecule has 1 aromatic heterocycles. The Hall–Kier alpha value is -2.01. The first-order valence-corrected chi connectivity index (χ1v) is 13.7. The van der Waals surface area contributed by atoms with Crippen LogP contribution >= 0.6 is 0 Å². The van der Waals surface area contributed by atoms with Crippen LogP contribution in [0.2, 0.25) is 0 Å². The monoisotopic (exact) mass is 530 g/mol. The fraction of sp³-hybridized carbons (Fsp3) is 0.714. The molecule has 0 aliphatic carbocycles. The number of ether oxygens (including phenoxy) is 1. The number of amides is 1. The molecule has 5 N–H and O–H groups in total. The van der Waals surface area contributed by atoms with Crippen molar-refractivity contribution in [3.8, 4) is 0 Å². The summed E-state index contributed by atoms with van der Waals surface area (Å²) in [5, 5.41) is 6.85. The Kier molecular flexibility index (Phi) is 7.40. The molecule has 15 heteroatoms. The summed E-state index contributed by atoms with van der Waals surface area (Å²) < 4.78 is 61.5. The van der Waals surface area contributed by atoms with Crippen LogP contribution < -0.4 is 26.7 Å². The molecule has 36 heavy (non-hydrogen) atoms. The summed E-state index contributed by atoms with van der Waals surface area (Å²) in [5.74, 6) is -1.84. The zero-order valence-electron chi connectivity index (χ0n) is 19.8. The van der Waals surface area contributed by atoms with Crippen molar-refractivity contribution in [1.29, 1.82) is 0 Å². The smallest absolute Gasteiger partial charge is 0.233 e. The number of halogens is 2. The summed E-state index contributed by atoms with van der Waals surface area (Å²) in [6.07, 6.45) is 1.01. The second-order valence-electron chi connectivity index (χ2n) is 9.53. The molecule has 4 fully saturated rings. The first-order chi connectivity index (χ1) is 17.3. The van der Waals surface area contributed by atoms with Crippen molar-refractivity contribution in [2.75, 3.05) is 62.7 Å². The zero-order chi connectivity index (χ0) is 25.4. The lowest BCUT2D eigenvalue weighted by molar-refractivity contribution is -0.121. The number of nitrogens with one attached hydrogen (secondary N) is 3. The highest BCUT2D eigenvalue weighted by Crippen LogP contribution is 2.32. The first-order valence-electron chi connectivity index (χ1n) is 12.2. The van der Waals surface area contributed by atoms with E-state index in [2.05, 4.69) is 21.0 Å². The lowest BCUT2D eigenvalue weighted by Crippen LogP contribution is -2.58. The number of fused-ring (bicyclic) bond motifs is 1. The largest absolute Gasteiger partial charge is 0.381 e. The van der Waals surface area contributed by atoms with Gasteiger partial charge in [-0.2, -0.15) is 4.31 Å². The molecule has 4 atom stereocenters. The van der Waals surface area contributed by atoms with Gasteiger partial charge < -0.3 is 20.7 Å². The normalized spacial score (nSPS) is 30.8. The Morgan fingerprint density at radius 3 is 2.64 bits per heavy atom. The Morgan fingerprint density at radius 2 is 1.92 bits per heavy atom. The van der Waals surface area contributed by atoms with Crippen molar-refractivity contribution < 1.29 is 26.7 Å². The second kappa shape index (κ2) is 10.4. The predicted molar refractivity (Wildman–Crippen MR) is 127 cm³/mol. The van der Waals surface area contributed by atoms with E-state index in [9.17, 15) is 22.0 Å². The Morgan fingerprint density at radius 1 is 1.19 bits per heavy atom. The van der Waals surface area contributed by atoms with Gasteiger partial charge in [-0.15, -0.1) is 0 Å². The molecular weight excluding hydrogens is 498 g/mol. The second-order valence-corrected chi connectivity index (χ2v) is 11.7. The summed E-state index contributed by atoms with van der Waals surface area (Å²) in [6, 6.07) is 0. The average Bonchev–Trinajstić information content (AvgIpc) is 3.19. The minimum absolute atomic E-state index is 0.100. The van der Waals surface area contributed by atoms with Gasteiger partial charge in [0.15, 0.2) is 5.82 Å². The number of piperazine rings is 1. The third-order valence-corrected chi connectivity index (χ3v) is 9.66. The molecule has 12 nitrogen and oxygen atoms in total. The van der Waals surface area contributed by atoms with Gasteiger partial charge in [0, 0.05) is 52.5 Å². The van der Waals surface area contributed by atoms with Crippen LogP contribution in [0, 0.1) is 11.7 Å². The van der Waals surface area contributed by atoms with Crippen molar-refractivity contribution >= 4 is 27.3 Å². The average molecular weight is 531 g/mol. The molecule has 0 spiro atoms. The molecule has 1 aromatic rings. The standard InChI is InChI=1S/C21H32F2N8O4S/c22-13-9-26-20-17(19(24)28-31(20)12-13)21(32)27-16-11-25-10-15(23)18(16)29-3-5-30(6-4-29)36(33,34)14-1-7-35-8-2-14/h10-11,13-14,17,19-20,26,28H,1-9,12,24H2,(H,27,32). The van der Waals surface area contributed by atoms with Crippen LogP contribution in [-0.4, -0.2) is 105 Å². The van der Waals surface area contributed by atoms with Crippen LogP contribution in [0.4, 0.5) is 20.2 Å². The molecule has 0 aromatic carbocycles. The summed E-state index contributed by atoms with van der Waals surface area (Å²) in [4.78, 5) is 18.8. The topological polar surface area (TPSA) is 145 Å². The van der Waals surface area contributed by atoms with E-state index >= 15 is 0 Å². The van der Waals surface area contributed by atoms with Gasteiger partial charge in [0.05, 0.1) is 41.6 Å². The number of aromatic nitrogens is 1. The Balaban J connectivity index is 1.28. The summed E-state index contributed by atoms with van der Waals surface area (Å²) in [7, 11) is -3.47. The number of sulfonamides is 1. The van der Waals surface area contributed by atoms with E-state index in [4.69, 9.17) is 10.5 Å². The van der Waals surface area contributed by atoms with Gasteiger partial charge in [0.1, 0.15) is 11.9 Å². The highest BCUT2D eigenvalue weighted by Gasteiger charge is 2.47. The SMILES string of the molecule is NC1NN2CC(F)CNC2C1C(=O)Nc1cncc(F)c1N1CCN(S(=O)(=O)C2CCOCC2)CC1. The van der Waals surface area contributed by atoms with Gasteiger partial charge in [0.2, 0.25) is 15.9 Å². The number of carbonyl (C=O) groups is 1. The number of rotatable bonds is 5. The third kappa shape index (κ3) is 4.92.